The van der Waals surface area contributed by atoms with Gasteiger partial charge in [-0.25, -0.2) is 4.79 Å². The molecule has 0 aliphatic carbocycles. The summed E-state index contributed by atoms with van der Waals surface area (Å²) in [4.78, 5) is 41.0. The Morgan fingerprint density at radius 3 is 2.14 bits per heavy atom. The van der Waals surface area contributed by atoms with Crippen molar-refractivity contribution in [3.8, 4) is 0 Å². The number of hydrogen-bond donors (Lipinski definition) is 6. The number of carboxylic acids is 2. The highest BCUT2D eigenvalue weighted by Crippen LogP contribution is 2.44. The molecule has 226 valence electrons. The summed E-state index contributed by atoms with van der Waals surface area (Å²) >= 11 is 0. The summed E-state index contributed by atoms with van der Waals surface area (Å²) in [5.74, 6) is -2.96. The van der Waals surface area contributed by atoms with Crippen LogP contribution in [-0.4, -0.2) is 52.3 Å². The van der Waals surface area contributed by atoms with Crippen molar-refractivity contribution in [3.63, 3.8) is 0 Å². The molecule has 8 bridgehead atoms. The lowest BCUT2D eigenvalue weighted by atomic mass is 9.85. The average Bonchev–Trinajstić information content (AvgIpc) is 3.60. The number of aryl methyl sites for hydroxylation is 2. The molecule has 0 saturated carbocycles. The van der Waals surface area contributed by atoms with Crippen molar-refractivity contribution in [1.82, 2.24) is 19.9 Å². The summed E-state index contributed by atoms with van der Waals surface area (Å²) in [6.07, 6.45) is 0.632. The van der Waals surface area contributed by atoms with Gasteiger partial charge in [0.1, 0.15) is 5.56 Å². The van der Waals surface area contributed by atoms with Gasteiger partial charge in [0.05, 0.1) is 11.2 Å². The molecule has 0 aromatic carbocycles. The largest absolute Gasteiger partial charge is 0.481 e. The van der Waals surface area contributed by atoms with Gasteiger partial charge in [0.2, 0.25) is 0 Å². The Kier molecular flexibility index (Phi) is 8.02. The third-order valence-corrected chi connectivity index (χ3v) is 9.25. The molecule has 10 nitrogen and oxygen atoms in total. The van der Waals surface area contributed by atoms with Crippen LogP contribution in [0.15, 0.2) is 24.8 Å². The first-order valence-electron chi connectivity index (χ1n) is 14.6. The molecule has 2 aliphatic heterocycles. The highest BCUT2D eigenvalue weighted by molar-refractivity contribution is 5.99. The number of carbonyl (C=O) groups is 2. The normalized spacial score (nSPS) is 20.0. The number of hydrogen-bond acceptors (Lipinski definition) is 6. The van der Waals surface area contributed by atoms with Gasteiger partial charge in [-0.3, -0.25) is 14.8 Å². The zero-order valence-corrected chi connectivity index (χ0v) is 25.0. The molecule has 0 radical (unpaired) electrons. The maximum absolute atomic E-state index is 13.0. The molecular formula is C33H38N4O6. The van der Waals surface area contributed by atoms with E-state index < -0.39 is 24.1 Å². The number of fused-ring (bicyclic) bond motifs is 8. The number of aliphatic hydroxyl groups is 2. The number of carboxylic acid groups (broad SMARTS) is 2. The van der Waals surface area contributed by atoms with E-state index in [1.807, 2.05) is 32.0 Å². The lowest BCUT2D eigenvalue weighted by molar-refractivity contribution is -0.137. The number of nitrogens with one attached hydrogen (secondary N) is 2. The average molecular weight is 587 g/mol. The molecule has 3 aromatic heterocycles. The molecule has 0 saturated heterocycles. The van der Waals surface area contributed by atoms with Crippen molar-refractivity contribution in [2.45, 2.75) is 83.8 Å². The van der Waals surface area contributed by atoms with Gasteiger partial charge in [-0.2, -0.15) is 0 Å². The van der Waals surface area contributed by atoms with Gasteiger partial charge in [0.15, 0.2) is 6.29 Å². The Balaban J connectivity index is 2.02. The molecule has 5 heterocycles. The van der Waals surface area contributed by atoms with Crippen molar-refractivity contribution in [3.05, 3.63) is 75.4 Å². The van der Waals surface area contributed by atoms with Crippen LogP contribution in [-0.2, 0) is 4.79 Å². The van der Waals surface area contributed by atoms with Crippen molar-refractivity contribution >= 4 is 40.1 Å². The van der Waals surface area contributed by atoms with E-state index >= 15 is 0 Å². The first kappa shape index (κ1) is 30.2. The van der Waals surface area contributed by atoms with E-state index in [1.165, 1.54) is 0 Å². The van der Waals surface area contributed by atoms with Gasteiger partial charge in [-0.15, -0.1) is 0 Å². The highest BCUT2D eigenvalue weighted by Gasteiger charge is 2.35. The van der Waals surface area contributed by atoms with E-state index in [0.29, 0.717) is 16.8 Å². The molecule has 6 N–H and O–H groups in total. The predicted molar refractivity (Wildman–Crippen MR) is 164 cm³/mol. The zero-order valence-electron chi connectivity index (χ0n) is 25.0. The topological polar surface area (TPSA) is 172 Å². The van der Waals surface area contributed by atoms with Crippen LogP contribution in [0.1, 0.15) is 125 Å². The van der Waals surface area contributed by atoms with Crippen LogP contribution in [0.4, 0.5) is 0 Å². The van der Waals surface area contributed by atoms with E-state index in [2.05, 4.69) is 30.4 Å². The summed E-state index contributed by atoms with van der Waals surface area (Å²) in [6.45, 7) is 13.8. The lowest BCUT2D eigenvalue weighted by Gasteiger charge is -2.16. The molecule has 43 heavy (non-hydrogen) atoms. The number of H-pyrrole nitrogens is 2. The van der Waals surface area contributed by atoms with Crippen LogP contribution >= 0.6 is 0 Å². The molecular weight excluding hydrogens is 548 g/mol. The number of aromatic nitrogens is 4. The van der Waals surface area contributed by atoms with Gasteiger partial charge in [0, 0.05) is 74.9 Å². The summed E-state index contributed by atoms with van der Waals surface area (Å²) in [6, 6.07) is 5.78. The molecule has 5 rings (SSSR count). The van der Waals surface area contributed by atoms with E-state index in [-0.39, 0.29) is 52.9 Å². The van der Waals surface area contributed by atoms with Crippen LogP contribution in [0, 0.1) is 13.8 Å². The quantitative estimate of drug-likeness (QED) is 0.175. The van der Waals surface area contributed by atoms with E-state index in [9.17, 15) is 30.0 Å². The number of aliphatic carboxylic acids is 1. The first-order valence-corrected chi connectivity index (χ1v) is 14.6. The third kappa shape index (κ3) is 5.14. The summed E-state index contributed by atoms with van der Waals surface area (Å²) in [5, 5.41) is 41.0. The summed E-state index contributed by atoms with van der Waals surface area (Å²) < 4.78 is 0. The molecule has 3 aromatic rings. The molecule has 2 aliphatic rings. The number of aliphatic hydroxyl groups excluding tert-OH is 1. The third-order valence-electron chi connectivity index (χ3n) is 9.25. The SMILES string of the molecule is C=Cc1c(C)c2cc3nc(c(C(=O)O)c4[nH]c(cc5nc(cc1[nH]2)C(C)C5CC)c(C)c4C(O)O)[C@H](CCC(=O)O)[C@H]3C. The van der Waals surface area contributed by atoms with E-state index in [4.69, 9.17) is 9.97 Å². The monoisotopic (exact) mass is 586 g/mol. The van der Waals surface area contributed by atoms with Crippen molar-refractivity contribution in [2.24, 2.45) is 0 Å². The molecule has 0 amide bonds. The van der Waals surface area contributed by atoms with Gasteiger partial charge in [0.25, 0.3) is 0 Å². The number of rotatable bonds is 7. The van der Waals surface area contributed by atoms with Crippen LogP contribution in [0.2, 0.25) is 0 Å². The smallest absolute Gasteiger partial charge is 0.339 e. The van der Waals surface area contributed by atoms with Crippen LogP contribution in [0.5, 0.6) is 0 Å². The van der Waals surface area contributed by atoms with Crippen LogP contribution < -0.4 is 0 Å². The summed E-state index contributed by atoms with van der Waals surface area (Å²) in [7, 11) is 0. The van der Waals surface area contributed by atoms with Gasteiger partial charge in [-0.05, 0) is 56.0 Å². The summed E-state index contributed by atoms with van der Waals surface area (Å²) in [5.41, 5.74) is 6.86. The molecule has 4 atom stereocenters. The maximum atomic E-state index is 13.0. The standard InChI is InChI=1S/C33H38N4O6/c1-7-18-14(3)21-11-23-16(5)20(9-10-27(38)39)30(36-23)29(33(42)43)31-28(32(40)41)17(6)24(37-31)13-26-19(8-2)15(4)22(35-26)12-25(18)34-21/h7,11-13,15-16,19-20,32,34,37,40-41H,1,8-10H2,2-6H3,(H,38,39)(H,42,43)/t15?,16-,19?,20-/m1/s1. The molecule has 0 fully saturated rings. The fourth-order valence-electron chi connectivity index (χ4n) is 6.75. The van der Waals surface area contributed by atoms with Crippen molar-refractivity contribution < 1.29 is 30.0 Å². The zero-order chi connectivity index (χ0) is 31.3. The van der Waals surface area contributed by atoms with E-state index in [0.717, 1.165) is 40.0 Å². The number of aromatic amines is 2. The lowest BCUT2D eigenvalue weighted by Crippen LogP contribution is -2.11. The minimum absolute atomic E-state index is 0.0354. The Morgan fingerprint density at radius 1 is 0.930 bits per heavy atom. The molecule has 2 unspecified atom stereocenters. The minimum Gasteiger partial charge on any atom is -0.481 e. The Labute approximate surface area is 249 Å². The van der Waals surface area contributed by atoms with Crippen LogP contribution in [0.3, 0.4) is 0 Å². The highest BCUT2D eigenvalue weighted by atomic mass is 16.5. The Morgan fingerprint density at radius 2 is 1.53 bits per heavy atom. The number of nitrogens with zero attached hydrogens (tertiary/aromatic N) is 2. The Bertz CT molecular complexity index is 1800. The number of aromatic carboxylic acids is 1. The maximum Gasteiger partial charge on any atom is 0.339 e. The second-order valence-corrected chi connectivity index (χ2v) is 11.6. The van der Waals surface area contributed by atoms with E-state index in [1.54, 1.807) is 13.0 Å². The second kappa shape index (κ2) is 11.4. The first-order chi connectivity index (χ1) is 20.4. The van der Waals surface area contributed by atoms with Crippen LogP contribution in [0.25, 0.3) is 28.1 Å². The predicted octanol–water partition coefficient (Wildman–Crippen LogP) is 6.31. The Hall–Kier alpha value is -4.28. The molecule has 10 heteroatoms. The van der Waals surface area contributed by atoms with Gasteiger partial charge < -0.3 is 30.4 Å². The molecule has 0 spiro atoms. The van der Waals surface area contributed by atoms with Crippen molar-refractivity contribution in [2.75, 3.05) is 0 Å². The minimum atomic E-state index is -1.96. The van der Waals surface area contributed by atoms with Crippen molar-refractivity contribution in [1.29, 1.82) is 0 Å². The second-order valence-electron chi connectivity index (χ2n) is 11.6. The fourth-order valence-corrected chi connectivity index (χ4v) is 6.75. The van der Waals surface area contributed by atoms with Gasteiger partial charge in [-0.1, -0.05) is 33.4 Å². The fraction of sp³-hybridized carbons (Fsp3) is 0.394. The van der Waals surface area contributed by atoms with Gasteiger partial charge >= 0.3 is 11.9 Å².